The van der Waals surface area contributed by atoms with Gasteiger partial charge in [0.2, 0.25) is 11.8 Å². The van der Waals surface area contributed by atoms with E-state index >= 15 is 0 Å². The number of para-hydroxylation sites is 2. The van der Waals surface area contributed by atoms with Crippen molar-refractivity contribution in [2.24, 2.45) is 5.73 Å². The van der Waals surface area contributed by atoms with E-state index in [-0.39, 0.29) is 28.6 Å². The quantitative estimate of drug-likeness (QED) is 0.334. The van der Waals surface area contributed by atoms with Gasteiger partial charge < -0.3 is 24.7 Å². The molecule has 2 N–H and O–H groups in total. The SMILES string of the molecule is CO/C=C(/C(=O)OC)c1ccccc1Oc1cc(Oc2ccccc2C(N)=O)ncn1. The van der Waals surface area contributed by atoms with E-state index < -0.39 is 11.9 Å². The molecule has 0 aliphatic carbocycles. The van der Waals surface area contributed by atoms with E-state index in [1.54, 1.807) is 48.5 Å². The van der Waals surface area contributed by atoms with Gasteiger partial charge in [-0.05, 0) is 18.2 Å². The summed E-state index contributed by atoms with van der Waals surface area (Å²) in [7, 11) is 2.69. The van der Waals surface area contributed by atoms with Gasteiger partial charge in [-0.25, -0.2) is 14.8 Å². The number of carbonyl (C=O) groups is 2. The zero-order chi connectivity index (χ0) is 22.2. The molecule has 31 heavy (non-hydrogen) atoms. The first-order valence-electron chi connectivity index (χ1n) is 9.00. The Morgan fingerprint density at radius 1 is 0.871 bits per heavy atom. The molecule has 0 saturated heterocycles. The highest BCUT2D eigenvalue weighted by Gasteiger charge is 2.18. The van der Waals surface area contributed by atoms with E-state index in [0.29, 0.717) is 11.3 Å². The molecule has 1 aromatic heterocycles. The van der Waals surface area contributed by atoms with Crippen molar-refractivity contribution in [2.75, 3.05) is 14.2 Å². The summed E-state index contributed by atoms with van der Waals surface area (Å²) in [5.41, 5.74) is 6.19. The summed E-state index contributed by atoms with van der Waals surface area (Å²) in [5, 5.41) is 0. The molecule has 1 amide bonds. The topological polar surface area (TPSA) is 123 Å². The number of esters is 1. The van der Waals surface area contributed by atoms with Crippen molar-refractivity contribution in [3.8, 4) is 23.3 Å². The molecule has 0 spiro atoms. The highest BCUT2D eigenvalue weighted by molar-refractivity contribution is 6.17. The number of nitrogens with two attached hydrogens (primary N) is 1. The maximum absolute atomic E-state index is 12.1. The van der Waals surface area contributed by atoms with Crippen LogP contribution in [0.5, 0.6) is 23.3 Å². The Balaban J connectivity index is 1.90. The summed E-state index contributed by atoms with van der Waals surface area (Å²) in [4.78, 5) is 31.8. The van der Waals surface area contributed by atoms with Crippen LogP contribution in [0.25, 0.3) is 5.57 Å². The zero-order valence-corrected chi connectivity index (χ0v) is 16.8. The van der Waals surface area contributed by atoms with Gasteiger partial charge in [0.05, 0.1) is 32.1 Å². The molecule has 0 atom stereocenters. The summed E-state index contributed by atoms with van der Waals surface area (Å²) in [6, 6.07) is 14.8. The maximum Gasteiger partial charge on any atom is 0.341 e. The van der Waals surface area contributed by atoms with Crippen LogP contribution in [0, 0.1) is 0 Å². The predicted molar refractivity (Wildman–Crippen MR) is 111 cm³/mol. The predicted octanol–water partition coefficient (Wildman–Crippen LogP) is 3.32. The molecular formula is C22H19N3O6. The van der Waals surface area contributed by atoms with Gasteiger partial charge in [-0.3, -0.25) is 4.79 Å². The molecule has 0 saturated carbocycles. The average molecular weight is 421 g/mol. The van der Waals surface area contributed by atoms with Crippen LogP contribution in [0.2, 0.25) is 0 Å². The molecule has 0 unspecified atom stereocenters. The number of carbonyl (C=O) groups excluding carboxylic acids is 2. The van der Waals surface area contributed by atoms with Crippen molar-refractivity contribution in [1.82, 2.24) is 9.97 Å². The third-order valence-electron chi connectivity index (χ3n) is 4.02. The molecule has 9 nitrogen and oxygen atoms in total. The van der Waals surface area contributed by atoms with Crippen LogP contribution >= 0.6 is 0 Å². The van der Waals surface area contributed by atoms with Crippen molar-refractivity contribution >= 4 is 17.4 Å². The van der Waals surface area contributed by atoms with Crippen LogP contribution in [0.1, 0.15) is 15.9 Å². The fourth-order valence-corrected chi connectivity index (χ4v) is 2.65. The highest BCUT2D eigenvalue weighted by Crippen LogP contribution is 2.32. The van der Waals surface area contributed by atoms with Gasteiger partial charge in [0, 0.05) is 5.56 Å². The Hall–Kier alpha value is -4.40. The first-order valence-corrected chi connectivity index (χ1v) is 9.00. The Morgan fingerprint density at radius 3 is 1.97 bits per heavy atom. The summed E-state index contributed by atoms with van der Waals surface area (Å²) in [5.74, 6) is -0.357. The molecular weight excluding hydrogens is 402 g/mol. The minimum absolute atomic E-state index is 0.136. The fourth-order valence-electron chi connectivity index (χ4n) is 2.65. The molecule has 0 aliphatic heterocycles. The van der Waals surface area contributed by atoms with E-state index in [0.717, 1.165) is 0 Å². The van der Waals surface area contributed by atoms with Gasteiger partial charge in [-0.15, -0.1) is 0 Å². The van der Waals surface area contributed by atoms with Gasteiger partial charge >= 0.3 is 5.97 Å². The minimum Gasteiger partial charge on any atom is -0.503 e. The van der Waals surface area contributed by atoms with Crippen LogP contribution in [0.4, 0.5) is 0 Å². The van der Waals surface area contributed by atoms with Crippen LogP contribution in [0.3, 0.4) is 0 Å². The third-order valence-corrected chi connectivity index (χ3v) is 4.02. The Kier molecular flexibility index (Phi) is 6.79. The van der Waals surface area contributed by atoms with E-state index in [1.807, 2.05) is 0 Å². The van der Waals surface area contributed by atoms with Crippen molar-refractivity contribution in [3.05, 3.63) is 78.3 Å². The lowest BCUT2D eigenvalue weighted by Gasteiger charge is -2.13. The smallest absolute Gasteiger partial charge is 0.341 e. The van der Waals surface area contributed by atoms with E-state index in [1.165, 1.54) is 32.9 Å². The second kappa shape index (κ2) is 9.88. The lowest BCUT2D eigenvalue weighted by molar-refractivity contribution is -0.133. The first kappa shape index (κ1) is 21.3. The Bertz CT molecular complexity index is 1130. The standard InChI is InChI=1S/C22H19N3O6/c1-28-12-16(22(27)29-2)14-7-3-5-9-17(14)30-19-11-20(25-13-24-19)31-18-10-6-4-8-15(18)21(23)26/h3-13H,1-2H3,(H2,23,26)/b16-12+. The molecule has 2 aromatic carbocycles. The third kappa shape index (κ3) is 5.15. The largest absolute Gasteiger partial charge is 0.503 e. The van der Waals surface area contributed by atoms with Gasteiger partial charge in [-0.1, -0.05) is 30.3 Å². The normalized spacial score (nSPS) is 10.8. The molecule has 0 radical (unpaired) electrons. The number of methoxy groups -OCH3 is 2. The zero-order valence-electron chi connectivity index (χ0n) is 16.8. The molecule has 0 aliphatic rings. The van der Waals surface area contributed by atoms with Gasteiger partial charge in [0.25, 0.3) is 5.91 Å². The van der Waals surface area contributed by atoms with Crippen molar-refractivity contribution in [2.45, 2.75) is 0 Å². The van der Waals surface area contributed by atoms with E-state index in [2.05, 4.69) is 9.97 Å². The molecule has 3 rings (SSSR count). The summed E-state index contributed by atoms with van der Waals surface area (Å²) in [6.45, 7) is 0. The number of primary amides is 1. The molecule has 3 aromatic rings. The van der Waals surface area contributed by atoms with Crippen LogP contribution < -0.4 is 15.2 Å². The summed E-state index contributed by atoms with van der Waals surface area (Å²) < 4.78 is 21.4. The van der Waals surface area contributed by atoms with Gasteiger partial charge in [-0.2, -0.15) is 0 Å². The average Bonchev–Trinajstić information content (AvgIpc) is 2.78. The van der Waals surface area contributed by atoms with Gasteiger partial charge in [0.1, 0.15) is 23.4 Å². The Labute approximate surface area is 178 Å². The number of aromatic nitrogens is 2. The van der Waals surface area contributed by atoms with Crippen molar-refractivity contribution in [1.29, 1.82) is 0 Å². The number of nitrogens with zero attached hydrogens (tertiary/aromatic N) is 2. The minimum atomic E-state index is -0.629. The van der Waals surface area contributed by atoms with Crippen molar-refractivity contribution < 1.29 is 28.5 Å². The molecule has 0 fully saturated rings. The lowest BCUT2D eigenvalue weighted by Crippen LogP contribution is -2.12. The second-order valence-corrected chi connectivity index (χ2v) is 6.01. The highest BCUT2D eigenvalue weighted by atomic mass is 16.5. The van der Waals surface area contributed by atoms with Crippen molar-refractivity contribution in [3.63, 3.8) is 0 Å². The second-order valence-electron chi connectivity index (χ2n) is 6.01. The van der Waals surface area contributed by atoms with Crippen LogP contribution in [-0.2, 0) is 14.3 Å². The molecule has 158 valence electrons. The van der Waals surface area contributed by atoms with Crippen LogP contribution in [0.15, 0.2) is 67.2 Å². The maximum atomic E-state index is 12.1. The molecule has 9 heteroatoms. The van der Waals surface area contributed by atoms with Gasteiger partial charge in [0.15, 0.2) is 0 Å². The number of benzene rings is 2. The fraction of sp³-hybridized carbons (Fsp3) is 0.0909. The monoisotopic (exact) mass is 421 g/mol. The lowest BCUT2D eigenvalue weighted by atomic mass is 10.1. The Morgan fingerprint density at radius 2 is 1.42 bits per heavy atom. The number of rotatable bonds is 8. The summed E-state index contributed by atoms with van der Waals surface area (Å²) >= 11 is 0. The molecule has 1 heterocycles. The number of hydrogen-bond donors (Lipinski definition) is 1. The van der Waals surface area contributed by atoms with E-state index in [9.17, 15) is 9.59 Å². The number of amides is 1. The molecule has 0 bridgehead atoms. The number of hydrogen-bond acceptors (Lipinski definition) is 8. The number of ether oxygens (including phenoxy) is 4. The van der Waals surface area contributed by atoms with E-state index in [4.69, 9.17) is 24.7 Å². The van der Waals surface area contributed by atoms with Crippen LogP contribution in [-0.4, -0.2) is 36.1 Å². The summed E-state index contributed by atoms with van der Waals surface area (Å²) in [6.07, 6.45) is 2.51. The first-order chi connectivity index (χ1) is 15.0.